The Morgan fingerprint density at radius 1 is 1.59 bits per heavy atom. The monoisotopic (exact) mass is 452 g/mol. The second-order valence-corrected chi connectivity index (χ2v) is 5.96. The molecule has 0 radical (unpaired) electrons. The average Bonchev–Trinajstić information content (AvgIpc) is 3.03. The van der Waals surface area contributed by atoms with Crippen LogP contribution in [0.3, 0.4) is 0 Å². The van der Waals surface area contributed by atoms with Crippen molar-refractivity contribution in [3.8, 4) is 11.5 Å². The number of halogens is 1. The lowest BCUT2D eigenvalue weighted by molar-refractivity contribution is -0.119. The number of hydrogen-bond acceptors (Lipinski definition) is 6. The van der Waals surface area contributed by atoms with E-state index in [1.165, 1.54) is 30.0 Å². The summed E-state index contributed by atoms with van der Waals surface area (Å²) in [4.78, 5) is 19.5. The molecule has 0 saturated heterocycles. The first-order chi connectivity index (χ1) is 9.99. The van der Waals surface area contributed by atoms with E-state index in [9.17, 15) is 4.79 Å². The first-order valence-corrected chi connectivity index (χ1v) is 8.28. The molecule has 2 heterocycles. The number of carbonyl (C=O) groups is 1. The highest BCUT2D eigenvalue weighted by Crippen LogP contribution is 2.30. The zero-order chi connectivity index (χ0) is 15.4. The molecule has 3 N–H and O–H groups in total. The van der Waals surface area contributed by atoms with E-state index in [1.54, 1.807) is 0 Å². The molecular weight excluding hydrogens is 435 g/mol. The Hall–Kier alpha value is -1.07. The van der Waals surface area contributed by atoms with Gasteiger partial charge in [-0.1, -0.05) is 11.8 Å². The van der Waals surface area contributed by atoms with Crippen molar-refractivity contribution in [2.75, 3.05) is 6.26 Å². The Balaban J connectivity index is 0.00000242. The van der Waals surface area contributed by atoms with Gasteiger partial charge >= 0.3 is 0 Å². The summed E-state index contributed by atoms with van der Waals surface area (Å²) in [6.45, 7) is 3.77. The van der Waals surface area contributed by atoms with Crippen LogP contribution in [0, 0.1) is 6.92 Å². The number of aromatic nitrogens is 1. The van der Waals surface area contributed by atoms with Gasteiger partial charge in [-0.25, -0.2) is 4.98 Å². The normalized spacial score (nSPS) is 11.1. The van der Waals surface area contributed by atoms with Crippen LogP contribution in [0.5, 0.6) is 0 Å². The van der Waals surface area contributed by atoms with Gasteiger partial charge in [-0.05, 0) is 24.8 Å². The van der Waals surface area contributed by atoms with E-state index in [0.717, 1.165) is 11.3 Å². The third kappa shape index (κ3) is 4.99. The van der Waals surface area contributed by atoms with Gasteiger partial charge in [0.15, 0.2) is 10.9 Å². The first kappa shape index (κ1) is 19.0. The quantitative estimate of drug-likeness (QED) is 0.422. The van der Waals surface area contributed by atoms with Crippen molar-refractivity contribution in [1.82, 2.24) is 10.3 Å². The summed E-state index contributed by atoms with van der Waals surface area (Å²) in [6.07, 6.45) is 1.86. The van der Waals surface area contributed by atoms with Crippen molar-refractivity contribution < 1.29 is 9.21 Å². The smallest absolute Gasteiger partial charge is 0.217 e. The summed E-state index contributed by atoms with van der Waals surface area (Å²) in [5, 5.41) is 5.64. The summed E-state index contributed by atoms with van der Waals surface area (Å²) in [5.74, 6) is 1.29. The van der Waals surface area contributed by atoms with Gasteiger partial charge in [0, 0.05) is 12.3 Å². The minimum atomic E-state index is -0.0924. The zero-order valence-corrected chi connectivity index (χ0v) is 16.3. The van der Waals surface area contributed by atoms with Crippen molar-refractivity contribution in [2.45, 2.75) is 20.4 Å². The molecule has 0 aliphatic carbocycles. The van der Waals surface area contributed by atoms with E-state index in [0.29, 0.717) is 28.3 Å². The average molecular weight is 452 g/mol. The van der Waals surface area contributed by atoms with E-state index < -0.39 is 0 Å². The maximum Gasteiger partial charge on any atom is 0.217 e. The third-order valence-corrected chi connectivity index (χ3v) is 3.92. The zero-order valence-electron chi connectivity index (χ0n) is 12.4. The topological polar surface area (TPSA) is 93.5 Å². The Labute approximate surface area is 154 Å². The fraction of sp³-hybridized carbons (Fsp3) is 0.308. The van der Waals surface area contributed by atoms with Gasteiger partial charge in [0.05, 0.1) is 6.54 Å². The molecule has 0 aliphatic rings. The largest absolute Gasteiger partial charge is 0.457 e. The van der Waals surface area contributed by atoms with Crippen LogP contribution < -0.4 is 11.1 Å². The number of amidine groups is 1. The molecule has 0 atom stereocenters. The van der Waals surface area contributed by atoms with Crippen molar-refractivity contribution in [3.05, 3.63) is 22.8 Å². The number of hydrogen-bond donors (Lipinski definition) is 2. The first-order valence-electron chi connectivity index (χ1n) is 6.17. The molecule has 0 saturated carbocycles. The van der Waals surface area contributed by atoms with Crippen LogP contribution in [0.1, 0.15) is 18.2 Å². The van der Waals surface area contributed by atoms with Gasteiger partial charge in [0.2, 0.25) is 11.0 Å². The lowest BCUT2D eigenvalue weighted by atomic mass is 10.2. The summed E-state index contributed by atoms with van der Waals surface area (Å²) < 4.78 is 5.74. The van der Waals surface area contributed by atoms with Gasteiger partial charge in [-0.3, -0.25) is 4.79 Å². The van der Waals surface area contributed by atoms with E-state index in [1.807, 2.05) is 24.6 Å². The van der Waals surface area contributed by atoms with Crippen molar-refractivity contribution >= 4 is 63.3 Å². The molecule has 0 spiro atoms. The second-order valence-electron chi connectivity index (χ2n) is 4.30. The van der Waals surface area contributed by atoms with Crippen molar-refractivity contribution in [1.29, 1.82) is 0 Å². The molecule has 120 valence electrons. The number of carbonyl (C=O) groups excluding carboxylic acids is 1. The standard InChI is InChI=1S/C13H16N4O2S2.HI/c1-7-4-10(19-11(7)5-15-8(2)18)9-6-21-13(16-9)17-12(14)20-3;/h4,6H,5H2,1-3H3,(H,15,18)(H2,14,16,17);1H. The van der Waals surface area contributed by atoms with Crippen molar-refractivity contribution in [2.24, 2.45) is 10.7 Å². The number of aliphatic imine (C=N–C) groups is 1. The minimum absolute atomic E-state index is 0. The van der Waals surface area contributed by atoms with E-state index >= 15 is 0 Å². The number of nitrogens with one attached hydrogen (secondary N) is 1. The van der Waals surface area contributed by atoms with Crippen LogP contribution in [-0.4, -0.2) is 22.3 Å². The third-order valence-electron chi connectivity index (χ3n) is 2.68. The molecule has 0 fully saturated rings. The van der Waals surface area contributed by atoms with Gasteiger partial charge < -0.3 is 15.5 Å². The summed E-state index contributed by atoms with van der Waals surface area (Å²) in [6, 6.07) is 1.90. The number of thiazole rings is 1. The predicted octanol–water partition coefficient (Wildman–Crippen LogP) is 3.27. The number of nitrogens with two attached hydrogens (primary N) is 1. The predicted molar refractivity (Wildman–Crippen MR) is 102 cm³/mol. The van der Waals surface area contributed by atoms with Crippen LogP contribution in [0.4, 0.5) is 5.13 Å². The number of amides is 1. The molecule has 1 amide bonds. The fourth-order valence-electron chi connectivity index (χ4n) is 1.60. The maximum atomic E-state index is 10.9. The molecular formula is C13H17IN4O2S2. The van der Waals surface area contributed by atoms with Gasteiger partial charge in [0.25, 0.3) is 0 Å². The highest BCUT2D eigenvalue weighted by molar-refractivity contribution is 14.0. The molecule has 22 heavy (non-hydrogen) atoms. The second kappa shape index (κ2) is 8.53. The highest BCUT2D eigenvalue weighted by Gasteiger charge is 2.12. The molecule has 2 rings (SSSR count). The van der Waals surface area contributed by atoms with Crippen LogP contribution >= 0.6 is 47.1 Å². The molecule has 0 bridgehead atoms. The minimum Gasteiger partial charge on any atom is -0.457 e. The highest BCUT2D eigenvalue weighted by atomic mass is 127. The number of thioether (sulfide) groups is 1. The maximum absolute atomic E-state index is 10.9. The Bertz CT molecular complexity index is 681. The molecule has 2 aromatic rings. The van der Waals surface area contributed by atoms with Gasteiger partial charge in [0.1, 0.15) is 11.5 Å². The van der Waals surface area contributed by atoms with Crippen LogP contribution in [-0.2, 0) is 11.3 Å². The number of rotatable bonds is 4. The summed E-state index contributed by atoms with van der Waals surface area (Å²) in [5.41, 5.74) is 7.35. The van der Waals surface area contributed by atoms with E-state index in [-0.39, 0.29) is 29.9 Å². The molecule has 6 nitrogen and oxygen atoms in total. The van der Waals surface area contributed by atoms with Crippen LogP contribution in [0.2, 0.25) is 0 Å². The van der Waals surface area contributed by atoms with Crippen LogP contribution in [0.15, 0.2) is 20.9 Å². The SMILES string of the molecule is CSC(N)=Nc1nc(-c2cc(C)c(CNC(C)=O)o2)cs1.I. The summed E-state index contributed by atoms with van der Waals surface area (Å²) in [7, 11) is 0. The van der Waals surface area contributed by atoms with Gasteiger partial charge in [-0.15, -0.1) is 35.3 Å². The number of nitrogens with zero attached hydrogens (tertiary/aromatic N) is 2. The lowest BCUT2D eigenvalue weighted by Gasteiger charge is -1.99. The molecule has 9 heteroatoms. The molecule has 2 aromatic heterocycles. The lowest BCUT2D eigenvalue weighted by Crippen LogP contribution is -2.18. The fourth-order valence-corrected chi connectivity index (χ4v) is 2.52. The van der Waals surface area contributed by atoms with Gasteiger partial charge in [-0.2, -0.15) is 4.99 Å². The molecule has 0 aromatic carbocycles. The number of aryl methyl sites for hydroxylation is 1. The Morgan fingerprint density at radius 2 is 2.32 bits per heavy atom. The summed E-state index contributed by atoms with van der Waals surface area (Å²) >= 11 is 2.77. The van der Waals surface area contributed by atoms with E-state index in [2.05, 4.69) is 15.3 Å². The Kier molecular flexibility index (Phi) is 7.36. The van der Waals surface area contributed by atoms with Crippen LogP contribution in [0.25, 0.3) is 11.5 Å². The molecule has 0 aliphatic heterocycles. The van der Waals surface area contributed by atoms with E-state index in [4.69, 9.17) is 10.2 Å². The number of furan rings is 1. The molecule has 0 unspecified atom stereocenters. The van der Waals surface area contributed by atoms with Crippen molar-refractivity contribution in [3.63, 3.8) is 0 Å². The Morgan fingerprint density at radius 3 is 2.95 bits per heavy atom.